The van der Waals surface area contributed by atoms with Crippen LogP contribution >= 0.6 is 0 Å². The molecule has 1 aliphatic heterocycles. The number of hydrazine groups is 1. The van der Waals surface area contributed by atoms with Crippen LogP contribution in [0.5, 0.6) is 5.75 Å². The van der Waals surface area contributed by atoms with Crippen LogP contribution in [0.4, 0.5) is 4.79 Å². The zero-order valence-corrected chi connectivity index (χ0v) is 21.4. The first-order valence-corrected chi connectivity index (χ1v) is 12.1. The molecule has 0 unspecified atom stereocenters. The lowest BCUT2D eigenvalue weighted by Gasteiger charge is -2.25. The van der Waals surface area contributed by atoms with E-state index < -0.39 is 35.5 Å². The zero-order valence-electron chi connectivity index (χ0n) is 21.4. The maximum absolute atomic E-state index is 13.7. The molecular formula is C29H29N3O6. The van der Waals surface area contributed by atoms with Crippen molar-refractivity contribution in [1.82, 2.24) is 15.8 Å². The molecule has 1 heterocycles. The molecule has 1 fully saturated rings. The van der Waals surface area contributed by atoms with Crippen LogP contribution in [0.15, 0.2) is 78.9 Å². The lowest BCUT2D eigenvalue weighted by atomic mass is 9.92. The monoisotopic (exact) mass is 515 g/mol. The molecule has 38 heavy (non-hydrogen) atoms. The van der Waals surface area contributed by atoms with Crippen molar-refractivity contribution in [3.8, 4) is 5.75 Å². The molecule has 9 nitrogen and oxygen atoms in total. The Hall–Kier alpha value is -4.66. The second-order valence-electron chi connectivity index (χ2n) is 9.16. The summed E-state index contributed by atoms with van der Waals surface area (Å²) in [5, 5.41) is 0. The third-order valence-electron chi connectivity index (χ3n) is 6.38. The van der Waals surface area contributed by atoms with Gasteiger partial charge in [0.1, 0.15) is 5.75 Å². The normalized spacial score (nSPS) is 17.5. The van der Waals surface area contributed by atoms with Gasteiger partial charge in [-0.2, -0.15) is 0 Å². The number of nitrogens with one attached hydrogen (secondary N) is 2. The molecule has 9 heteroatoms. The fourth-order valence-electron chi connectivity index (χ4n) is 4.45. The largest absolute Gasteiger partial charge is 0.497 e. The molecule has 2 N–H and O–H groups in total. The standard InChI is InChI=1S/C29H29N3O6/c1-19-14-22(16-24(15-19)37-3)17-25(33)30-31-26(34)29(18-21-10-6-4-7-11-21)27(35)32(28(36)38-29)20(2)23-12-8-5-9-13-23/h4-16,20H,17-18H2,1-3H3,(H,30,33)(H,31,34)/t20-,29-/m1/s1. The first-order chi connectivity index (χ1) is 18.2. The van der Waals surface area contributed by atoms with E-state index in [-0.39, 0.29) is 12.8 Å². The molecule has 0 aliphatic carbocycles. The number of amides is 4. The summed E-state index contributed by atoms with van der Waals surface area (Å²) in [4.78, 5) is 53.8. The molecule has 3 aromatic carbocycles. The number of imide groups is 1. The molecule has 196 valence electrons. The number of rotatable bonds is 8. The van der Waals surface area contributed by atoms with E-state index in [1.54, 1.807) is 67.6 Å². The number of aryl methyl sites for hydroxylation is 1. The Morgan fingerprint density at radius 2 is 1.61 bits per heavy atom. The number of benzene rings is 3. The van der Waals surface area contributed by atoms with Crippen molar-refractivity contribution in [1.29, 1.82) is 0 Å². The Balaban J connectivity index is 1.55. The van der Waals surface area contributed by atoms with E-state index in [1.807, 2.05) is 25.1 Å². The molecule has 1 saturated heterocycles. The second kappa shape index (κ2) is 11.2. The van der Waals surface area contributed by atoms with Crippen LogP contribution < -0.4 is 15.6 Å². The Bertz CT molecular complexity index is 1340. The average Bonchev–Trinajstić information content (AvgIpc) is 3.17. The van der Waals surface area contributed by atoms with Crippen LogP contribution in [-0.2, 0) is 32.0 Å². The van der Waals surface area contributed by atoms with Gasteiger partial charge >= 0.3 is 6.09 Å². The van der Waals surface area contributed by atoms with Gasteiger partial charge in [-0.3, -0.25) is 25.2 Å². The van der Waals surface area contributed by atoms with E-state index in [9.17, 15) is 19.2 Å². The van der Waals surface area contributed by atoms with Crippen LogP contribution in [0.1, 0.15) is 35.2 Å². The minimum atomic E-state index is -2.19. The zero-order chi connectivity index (χ0) is 27.3. The van der Waals surface area contributed by atoms with E-state index in [4.69, 9.17) is 9.47 Å². The molecule has 2 atom stereocenters. The van der Waals surface area contributed by atoms with Gasteiger partial charge in [0.25, 0.3) is 17.4 Å². The first-order valence-electron chi connectivity index (χ1n) is 12.1. The van der Waals surface area contributed by atoms with Gasteiger partial charge in [-0.25, -0.2) is 9.69 Å². The SMILES string of the molecule is COc1cc(C)cc(CC(=O)NNC(=O)[C@@]2(Cc3ccccc3)OC(=O)N([C@H](C)c3ccccc3)C2=O)c1. The third-order valence-corrected chi connectivity index (χ3v) is 6.38. The van der Waals surface area contributed by atoms with Crippen molar-refractivity contribution in [2.45, 2.75) is 38.3 Å². The molecule has 0 radical (unpaired) electrons. The van der Waals surface area contributed by atoms with Crippen molar-refractivity contribution in [3.63, 3.8) is 0 Å². The van der Waals surface area contributed by atoms with Gasteiger partial charge in [0.15, 0.2) is 0 Å². The van der Waals surface area contributed by atoms with Crippen LogP contribution in [0.25, 0.3) is 0 Å². The van der Waals surface area contributed by atoms with Gasteiger partial charge in [0, 0.05) is 6.42 Å². The molecule has 0 spiro atoms. The first kappa shape index (κ1) is 26.4. The predicted octanol–water partition coefficient (Wildman–Crippen LogP) is 3.42. The Morgan fingerprint density at radius 1 is 0.947 bits per heavy atom. The third kappa shape index (κ3) is 5.51. The topological polar surface area (TPSA) is 114 Å². The van der Waals surface area contributed by atoms with Crippen LogP contribution in [-0.4, -0.2) is 41.4 Å². The number of hydrogen-bond acceptors (Lipinski definition) is 6. The van der Waals surface area contributed by atoms with Gasteiger partial charge in [-0.15, -0.1) is 0 Å². The van der Waals surface area contributed by atoms with Crippen molar-refractivity contribution in [2.75, 3.05) is 7.11 Å². The Kier molecular flexibility index (Phi) is 7.76. The number of carbonyl (C=O) groups excluding carboxylic acids is 4. The molecule has 0 aromatic heterocycles. The highest BCUT2D eigenvalue weighted by Crippen LogP contribution is 2.34. The summed E-state index contributed by atoms with van der Waals surface area (Å²) in [6, 6.07) is 22.4. The number of cyclic esters (lactones) is 1. The highest BCUT2D eigenvalue weighted by Gasteiger charge is 2.60. The minimum absolute atomic E-state index is 0.0467. The Labute approximate surface area is 220 Å². The smallest absolute Gasteiger partial charge is 0.418 e. The van der Waals surface area contributed by atoms with Gasteiger partial charge in [-0.1, -0.05) is 66.7 Å². The lowest BCUT2D eigenvalue weighted by Crippen LogP contribution is -2.59. The summed E-state index contributed by atoms with van der Waals surface area (Å²) in [5.74, 6) is -1.67. The van der Waals surface area contributed by atoms with Crippen molar-refractivity contribution < 1.29 is 28.7 Å². The molecule has 0 bridgehead atoms. The van der Waals surface area contributed by atoms with E-state index in [0.29, 0.717) is 22.4 Å². The van der Waals surface area contributed by atoms with E-state index in [1.165, 1.54) is 7.11 Å². The summed E-state index contributed by atoms with van der Waals surface area (Å²) in [6.07, 6.45) is -1.18. The minimum Gasteiger partial charge on any atom is -0.497 e. The number of carbonyl (C=O) groups is 4. The summed E-state index contributed by atoms with van der Waals surface area (Å²) < 4.78 is 10.8. The number of methoxy groups -OCH3 is 1. The summed E-state index contributed by atoms with van der Waals surface area (Å²) in [7, 11) is 1.53. The quantitative estimate of drug-likeness (QED) is 0.351. The predicted molar refractivity (Wildman–Crippen MR) is 139 cm³/mol. The lowest BCUT2D eigenvalue weighted by molar-refractivity contribution is -0.151. The number of nitrogens with zero attached hydrogens (tertiary/aromatic N) is 1. The van der Waals surface area contributed by atoms with Crippen molar-refractivity contribution >= 4 is 23.8 Å². The van der Waals surface area contributed by atoms with Gasteiger partial charge < -0.3 is 9.47 Å². The maximum Gasteiger partial charge on any atom is 0.418 e. The Morgan fingerprint density at radius 3 is 2.26 bits per heavy atom. The van der Waals surface area contributed by atoms with E-state index >= 15 is 0 Å². The van der Waals surface area contributed by atoms with Gasteiger partial charge in [0.05, 0.1) is 19.6 Å². The fourth-order valence-corrected chi connectivity index (χ4v) is 4.45. The molecule has 3 aromatic rings. The van der Waals surface area contributed by atoms with Crippen LogP contribution in [0.3, 0.4) is 0 Å². The number of ether oxygens (including phenoxy) is 2. The highest BCUT2D eigenvalue weighted by molar-refractivity contribution is 6.17. The molecular weight excluding hydrogens is 486 g/mol. The van der Waals surface area contributed by atoms with Crippen LogP contribution in [0, 0.1) is 6.92 Å². The summed E-state index contributed by atoms with van der Waals surface area (Å²) in [6.45, 7) is 3.56. The summed E-state index contributed by atoms with van der Waals surface area (Å²) >= 11 is 0. The molecule has 4 amide bonds. The number of hydrogen-bond donors (Lipinski definition) is 2. The van der Waals surface area contributed by atoms with Gasteiger partial charge in [0.2, 0.25) is 5.91 Å². The molecule has 4 rings (SSSR count). The molecule has 0 saturated carbocycles. The average molecular weight is 516 g/mol. The second-order valence-corrected chi connectivity index (χ2v) is 9.16. The highest BCUT2D eigenvalue weighted by atomic mass is 16.6. The van der Waals surface area contributed by atoms with Crippen molar-refractivity contribution in [2.24, 2.45) is 0 Å². The van der Waals surface area contributed by atoms with E-state index in [0.717, 1.165) is 10.5 Å². The summed E-state index contributed by atoms with van der Waals surface area (Å²) in [5.41, 5.74) is 5.36. The molecule has 1 aliphatic rings. The van der Waals surface area contributed by atoms with E-state index in [2.05, 4.69) is 10.9 Å². The van der Waals surface area contributed by atoms with Crippen molar-refractivity contribution in [3.05, 3.63) is 101 Å². The van der Waals surface area contributed by atoms with Gasteiger partial charge in [-0.05, 0) is 48.2 Å². The maximum atomic E-state index is 13.7. The van der Waals surface area contributed by atoms with Crippen LogP contribution in [0.2, 0.25) is 0 Å². The fraction of sp³-hybridized carbons (Fsp3) is 0.241.